The lowest BCUT2D eigenvalue weighted by atomic mass is 10.0. The minimum absolute atomic E-state index is 0.0567. The van der Waals surface area contributed by atoms with Crippen LogP contribution >= 0.6 is 7.82 Å². The van der Waals surface area contributed by atoms with Gasteiger partial charge in [-0.15, -0.1) is 0 Å². The van der Waals surface area contributed by atoms with Crippen molar-refractivity contribution in [3.05, 3.63) is 12.2 Å². The summed E-state index contributed by atoms with van der Waals surface area (Å²) < 4.78 is 32.9. The maximum atomic E-state index is 12.6. The highest BCUT2D eigenvalue weighted by Crippen LogP contribution is 2.43. The van der Waals surface area contributed by atoms with E-state index in [2.05, 4.69) is 26.0 Å². The standard InChI is InChI=1S/C49H96NO8P/c1-3-5-7-9-11-13-15-17-18-19-20-21-22-23-24-25-26-27-28-30-32-34-36-38-40-42-49(52)58-47(46-57-59(53,54)56-44-43-50)45-55-48(51)41-39-37-35-33-31-29-16-14-12-10-8-6-4-2/h19-20,47H,3-18,21-46,50H2,1-2H3,(H,53,54)/b20-19-. The lowest BCUT2D eigenvalue weighted by molar-refractivity contribution is -0.161. The van der Waals surface area contributed by atoms with Crippen LogP contribution in [0.5, 0.6) is 0 Å². The quantitative estimate of drug-likeness (QED) is 0.0265. The summed E-state index contributed by atoms with van der Waals surface area (Å²) in [4.78, 5) is 35.0. The summed E-state index contributed by atoms with van der Waals surface area (Å²) >= 11 is 0. The Hall–Kier alpha value is -1.25. The number of carbonyl (C=O) groups excluding carboxylic acids is 2. The molecule has 0 aliphatic heterocycles. The summed E-state index contributed by atoms with van der Waals surface area (Å²) in [6.07, 6.45) is 49.7. The van der Waals surface area contributed by atoms with Gasteiger partial charge in [0.1, 0.15) is 6.61 Å². The van der Waals surface area contributed by atoms with Crippen molar-refractivity contribution in [3.63, 3.8) is 0 Å². The van der Waals surface area contributed by atoms with Gasteiger partial charge in [-0.3, -0.25) is 18.6 Å². The zero-order chi connectivity index (χ0) is 43.2. The van der Waals surface area contributed by atoms with Crippen LogP contribution in [-0.2, 0) is 32.7 Å². The maximum Gasteiger partial charge on any atom is 0.472 e. The van der Waals surface area contributed by atoms with E-state index in [4.69, 9.17) is 24.3 Å². The molecule has 0 amide bonds. The van der Waals surface area contributed by atoms with Crippen molar-refractivity contribution in [1.29, 1.82) is 0 Å². The Morgan fingerprint density at radius 3 is 1.20 bits per heavy atom. The molecule has 0 saturated heterocycles. The molecular formula is C49H96NO8P. The molecule has 0 fully saturated rings. The number of carbonyl (C=O) groups is 2. The van der Waals surface area contributed by atoms with Crippen molar-refractivity contribution in [2.24, 2.45) is 5.73 Å². The van der Waals surface area contributed by atoms with E-state index in [9.17, 15) is 19.0 Å². The second kappa shape index (κ2) is 46.3. The van der Waals surface area contributed by atoms with Crippen LogP contribution in [-0.4, -0.2) is 49.3 Å². The molecular weight excluding hydrogens is 762 g/mol. The van der Waals surface area contributed by atoms with Crippen molar-refractivity contribution < 1.29 is 37.6 Å². The van der Waals surface area contributed by atoms with Gasteiger partial charge in [0.05, 0.1) is 13.2 Å². The number of esters is 2. The number of unbranched alkanes of at least 4 members (excludes halogenated alkanes) is 33. The highest BCUT2D eigenvalue weighted by molar-refractivity contribution is 7.47. The smallest absolute Gasteiger partial charge is 0.462 e. The summed E-state index contributed by atoms with van der Waals surface area (Å²) in [5.41, 5.74) is 5.36. The lowest BCUT2D eigenvalue weighted by Crippen LogP contribution is -2.29. The number of hydrogen-bond acceptors (Lipinski definition) is 8. The third kappa shape index (κ3) is 46.1. The SMILES string of the molecule is CCCCCCCCCC/C=C\CCCCCCCCCCCCCCCC(=O)OC(COC(=O)CCCCCCCCCCCCCCC)COP(=O)(O)OCCN. The second-order valence-corrected chi connectivity index (χ2v) is 18.5. The van der Waals surface area contributed by atoms with Crippen LogP contribution in [0.15, 0.2) is 12.2 Å². The first-order chi connectivity index (χ1) is 28.8. The molecule has 2 atom stereocenters. The molecule has 2 unspecified atom stereocenters. The van der Waals surface area contributed by atoms with Crippen LogP contribution in [0.25, 0.3) is 0 Å². The van der Waals surface area contributed by atoms with E-state index >= 15 is 0 Å². The maximum absolute atomic E-state index is 12.6. The topological polar surface area (TPSA) is 134 Å². The van der Waals surface area contributed by atoms with E-state index in [1.807, 2.05) is 0 Å². The Morgan fingerprint density at radius 2 is 0.831 bits per heavy atom. The first-order valence-corrected chi connectivity index (χ1v) is 26.7. The van der Waals surface area contributed by atoms with Crippen LogP contribution in [0.2, 0.25) is 0 Å². The summed E-state index contributed by atoms with van der Waals surface area (Å²) in [5.74, 6) is -0.814. The van der Waals surface area contributed by atoms with Gasteiger partial charge in [-0.25, -0.2) is 4.57 Å². The predicted octanol–water partition coefficient (Wildman–Crippen LogP) is 15.0. The lowest BCUT2D eigenvalue weighted by Gasteiger charge is -2.19. The average molecular weight is 858 g/mol. The van der Waals surface area contributed by atoms with Gasteiger partial charge in [-0.1, -0.05) is 219 Å². The molecule has 0 radical (unpaired) electrons. The summed E-state index contributed by atoms with van der Waals surface area (Å²) in [6.45, 7) is 3.78. The Kier molecular flexibility index (Phi) is 45.3. The van der Waals surface area contributed by atoms with Crippen molar-refractivity contribution >= 4 is 19.8 Å². The van der Waals surface area contributed by atoms with Crippen LogP contribution < -0.4 is 5.73 Å². The average Bonchev–Trinajstić information content (AvgIpc) is 3.22. The third-order valence-electron chi connectivity index (χ3n) is 11.2. The van der Waals surface area contributed by atoms with E-state index in [-0.39, 0.29) is 38.6 Å². The number of allylic oxidation sites excluding steroid dienone is 2. The number of ether oxygens (including phenoxy) is 2. The fraction of sp³-hybridized carbons (Fsp3) is 0.918. The zero-order valence-corrected chi connectivity index (χ0v) is 39.7. The third-order valence-corrected chi connectivity index (χ3v) is 12.1. The minimum Gasteiger partial charge on any atom is -0.462 e. The van der Waals surface area contributed by atoms with Gasteiger partial charge >= 0.3 is 19.8 Å². The number of rotatable bonds is 48. The van der Waals surface area contributed by atoms with Crippen LogP contribution in [0.3, 0.4) is 0 Å². The zero-order valence-electron chi connectivity index (χ0n) is 38.8. The highest BCUT2D eigenvalue weighted by atomic mass is 31.2. The van der Waals surface area contributed by atoms with E-state index in [1.54, 1.807) is 0 Å². The minimum atomic E-state index is -4.37. The molecule has 0 aromatic carbocycles. The summed E-state index contributed by atoms with van der Waals surface area (Å²) in [5, 5.41) is 0. The fourth-order valence-electron chi connectivity index (χ4n) is 7.40. The number of phosphoric acid groups is 1. The Balaban J connectivity index is 3.96. The van der Waals surface area contributed by atoms with Gasteiger partial charge in [0.15, 0.2) is 6.10 Å². The summed E-state index contributed by atoms with van der Waals surface area (Å²) in [7, 11) is -4.37. The first-order valence-electron chi connectivity index (χ1n) is 25.2. The fourth-order valence-corrected chi connectivity index (χ4v) is 8.16. The van der Waals surface area contributed by atoms with E-state index < -0.39 is 26.5 Å². The number of phosphoric ester groups is 1. The Bertz CT molecular complexity index is 980. The van der Waals surface area contributed by atoms with Gasteiger partial charge in [0.25, 0.3) is 0 Å². The molecule has 0 aliphatic carbocycles. The van der Waals surface area contributed by atoms with E-state index in [0.717, 1.165) is 32.1 Å². The van der Waals surface area contributed by atoms with Crippen molar-refractivity contribution in [2.45, 2.75) is 264 Å². The molecule has 10 heteroatoms. The monoisotopic (exact) mass is 858 g/mol. The molecule has 0 aromatic heterocycles. The molecule has 0 rings (SSSR count). The van der Waals surface area contributed by atoms with Crippen LogP contribution in [0.1, 0.15) is 258 Å². The molecule has 0 saturated carbocycles. The Labute approximate surface area is 364 Å². The van der Waals surface area contributed by atoms with Gasteiger partial charge in [0, 0.05) is 19.4 Å². The van der Waals surface area contributed by atoms with Crippen molar-refractivity contribution in [3.8, 4) is 0 Å². The molecule has 3 N–H and O–H groups in total. The molecule has 59 heavy (non-hydrogen) atoms. The van der Waals surface area contributed by atoms with Gasteiger partial charge in [-0.2, -0.15) is 0 Å². The summed E-state index contributed by atoms with van der Waals surface area (Å²) in [6, 6.07) is 0. The largest absolute Gasteiger partial charge is 0.472 e. The normalized spacial score (nSPS) is 13.2. The first kappa shape index (κ1) is 57.8. The number of hydrogen-bond donors (Lipinski definition) is 2. The van der Waals surface area contributed by atoms with Gasteiger partial charge < -0.3 is 20.1 Å². The molecule has 350 valence electrons. The van der Waals surface area contributed by atoms with Crippen molar-refractivity contribution in [1.82, 2.24) is 0 Å². The van der Waals surface area contributed by atoms with E-state index in [1.165, 1.54) is 193 Å². The van der Waals surface area contributed by atoms with E-state index in [0.29, 0.717) is 6.42 Å². The van der Waals surface area contributed by atoms with Crippen LogP contribution in [0.4, 0.5) is 0 Å². The van der Waals surface area contributed by atoms with Gasteiger partial charge in [-0.05, 0) is 38.5 Å². The highest BCUT2D eigenvalue weighted by Gasteiger charge is 2.26. The van der Waals surface area contributed by atoms with Crippen molar-refractivity contribution in [2.75, 3.05) is 26.4 Å². The molecule has 0 spiro atoms. The predicted molar refractivity (Wildman–Crippen MR) is 248 cm³/mol. The Morgan fingerprint density at radius 1 is 0.492 bits per heavy atom. The number of nitrogens with two attached hydrogens (primary N) is 1. The molecule has 0 bridgehead atoms. The van der Waals surface area contributed by atoms with Crippen LogP contribution in [0, 0.1) is 0 Å². The van der Waals surface area contributed by atoms with Gasteiger partial charge in [0.2, 0.25) is 0 Å². The molecule has 0 aliphatic rings. The second-order valence-electron chi connectivity index (χ2n) is 17.0. The molecule has 0 aromatic rings. The molecule has 9 nitrogen and oxygen atoms in total. The molecule has 0 heterocycles.